The van der Waals surface area contributed by atoms with Crippen LogP contribution >= 0.6 is 11.6 Å². The van der Waals surface area contributed by atoms with Crippen molar-refractivity contribution in [2.75, 3.05) is 27.9 Å². The van der Waals surface area contributed by atoms with Gasteiger partial charge in [-0.3, -0.25) is 4.79 Å². The van der Waals surface area contributed by atoms with Gasteiger partial charge in [-0.15, -0.1) is 0 Å². The molecule has 1 aromatic rings. The van der Waals surface area contributed by atoms with Crippen LogP contribution in [-0.4, -0.2) is 33.2 Å². The molecule has 112 valence electrons. The van der Waals surface area contributed by atoms with Crippen molar-refractivity contribution in [2.24, 2.45) is 0 Å². The fraction of sp³-hybridized carbons (Fsp3) is 0.500. The molecule has 5 nitrogen and oxygen atoms in total. The molecule has 0 fully saturated rings. The highest BCUT2D eigenvalue weighted by Crippen LogP contribution is 2.47. The van der Waals surface area contributed by atoms with Crippen molar-refractivity contribution in [1.82, 2.24) is 0 Å². The summed E-state index contributed by atoms with van der Waals surface area (Å²) in [5.41, 5.74) is 0.172. The lowest BCUT2D eigenvalue weighted by Gasteiger charge is -2.18. The Hall–Kier alpha value is -1.62. The van der Waals surface area contributed by atoms with Gasteiger partial charge in [0.2, 0.25) is 11.5 Å². The lowest BCUT2D eigenvalue weighted by Crippen LogP contribution is -2.05. The Morgan fingerprint density at radius 2 is 1.75 bits per heavy atom. The van der Waals surface area contributed by atoms with Crippen molar-refractivity contribution in [1.29, 1.82) is 0 Å². The Bertz CT molecular complexity index is 473. The largest absolute Gasteiger partial charge is 0.493 e. The van der Waals surface area contributed by atoms with E-state index in [4.69, 9.17) is 30.5 Å². The first-order valence-corrected chi connectivity index (χ1v) is 6.64. The minimum atomic E-state index is -0.654. The second-order valence-corrected chi connectivity index (χ2v) is 4.34. The predicted molar refractivity (Wildman–Crippen MR) is 76.7 cm³/mol. The average Bonchev–Trinajstić information content (AvgIpc) is 2.45. The normalized spacial score (nSPS) is 10.1. The second-order valence-electron chi connectivity index (χ2n) is 4.00. The third kappa shape index (κ3) is 3.48. The van der Waals surface area contributed by atoms with Crippen molar-refractivity contribution in [2.45, 2.75) is 19.8 Å². The number of unbranched alkanes of at least 4 members (excludes halogenated alkanes) is 1. The van der Waals surface area contributed by atoms with Crippen LogP contribution in [0.15, 0.2) is 6.07 Å². The van der Waals surface area contributed by atoms with Crippen LogP contribution in [0.2, 0.25) is 0 Å². The molecular formula is C14H19ClO5. The maximum absolute atomic E-state index is 11.5. The van der Waals surface area contributed by atoms with Crippen LogP contribution in [0.5, 0.6) is 23.0 Å². The molecule has 0 atom stereocenters. The number of hydrogen-bond donors (Lipinski definition) is 0. The van der Waals surface area contributed by atoms with E-state index in [0.717, 1.165) is 12.8 Å². The van der Waals surface area contributed by atoms with E-state index in [1.165, 1.54) is 27.4 Å². The van der Waals surface area contributed by atoms with Gasteiger partial charge >= 0.3 is 0 Å². The lowest BCUT2D eigenvalue weighted by molar-refractivity contribution is 0.107. The number of hydrogen-bond acceptors (Lipinski definition) is 5. The first kappa shape index (κ1) is 16.4. The summed E-state index contributed by atoms with van der Waals surface area (Å²) in [7, 11) is 4.38. The maximum Gasteiger partial charge on any atom is 0.256 e. The summed E-state index contributed by atoms with van der Waals surface area (Å²) in [6, 6.07) is 1.48. The van der Waals surface area contributed by atoms with Gasteiger partial charge in [0.15, 0.2) is 11.5 Å². The quantitative estimate of drug-likeness (QED) is 0.545. The Kier molecular flexibility index (Phi) is 6.45. The van der Waals surface area contributed by atoms with E-state index in [9.17, 15) is 4.79 Å². The molecule has 1 aromatic carbocycles. The lowest BCUT2D eigenvalue weighted by atomic mass is 10.1. The van der Waals surface area contributed by atoms with Gasteiger partial charge in [0, 0.05) is 6.07 Å². The van der Waals surface area contributed by atoms with Gasteiger partial charge in [-0.05, 0) is 18.0 Å². The Morgan fingerprint density at radius 1 is 1.10 bits per heavy atom. The van der Waals surface area contributed by atoms with E-state index in [1.54, 1.807) is 0 Å². The third-order valence-electron chi connectivity index (χ3n) is 2.74. The van der Waals surface area contributed by atoms with Crippen LogP contribution in [0, 0.1) is 0 Å². The topological polar surface area (TPSA) is 54.0 Å². The van der Waals surface area contributed by atoms with Gasteiger partial charge in [0.05, 0.1) is 33.5 Å². The van der Waals surface area contributed by atoms with E-state index in [2.05, 4.69) is 6.92 Å². The molecular weight excluding hydrogens is 284 g/mol. The molecule has 1 rings (SSSR count). The van der Waals surface area contributed by atoms with Crippen LogP contribution in [-0.2, 0) is 0 Å². The summed E-state index contributed by atoms with van der Waals surface area (Å²) in [6.45, 7) is 2.58. The molecule has 0 aliphatic rings. The van der Waals surface area contributed by atoms with Gasteiger partial charge in [-0.1, -0.05) is 13.3 Å². The van der Waals surface area contributed by atoms with Gasteiger partial charge in [0.25, 0.3) is 5.24 Å². The standard InChI is InChI=1S/C14H19ClO5/c1-5-6-7-20-12-10(17-2)8-9(14(15)16)11(18-3)13(12)19-4/h8H,5-7H2,1-4H3. The SMILES string of the molecule is CCCCOc1c(OC)cc(C(=O)Cl)c(OC)c1OC. The smallest absolute Gasteiger partial charge is 0.256 e. The predicted octanol–water partition coefficient (Wildman–Crippen LogP) is 3.27. The number of halogens is 1. The molecule has 0 bridgehead atoms. The Labute approximate surface area is 123 Å². The van der Waals surface area contributed by atoms with Crippen LogP contribution < -0.4 is 18.9 Å². The zero-order valence-corrected chi connectivity index (χ0v) is 12.9. The molecule has 0 heterocycles. The number of benzene rings is 1. The Morgan fingerprint density at radius 3 is 2.20 bits per heavy atom. The highest BCUT2D eigenvalue weighted by Gasteiger charge is 2.24. The molecule has 6 heteroatoms. The molecule has 0 spiro atoms. The molecule has 20 heavy (non-hydrogen) atoms. The monoisotopic (exact) mass is 302 g/mol. The third-order valence-corrected chi connectivity index (χ3v) is 2.94. The number of carbonyl (C=O) groups excluding carboxylic acids is 1. The number of carbonyl (C=O) groups is 1. The first-order valence-electron chi connectivity index (χ1n) is 6.26. The van der Waals surface area contributed by atoms with E-state index < -0.39 is 5.24 Å². The van der Waals surface area contributed by atoms with E-state index in [-0.39, 0.29) is 11.3 Å². The number of ether oxygens (including phenoxy) is 4. The highest BCUT2D eigenvalue weighted by molar-refractivity contribution is 6.68. The van der Waals surface area contributed by atoms with E-state index in [0.29, 0.717) is 23.9 Å². The van der Waals surface area contributed by atoms with Gasteiger partial charge in [0.1, 0.15) is 0 Å². The first-order chi connectivity index (χ1) is 9.60. The van der Waals surface area contributed by atoms with Crippen molar-refractivity contribution >= 4 is 16.8 Å². The van der Waals surface area contributed by atoms with Crippen LogP contribution in [0.25, 0.3) is 0 Å². The summed E-state index contributed by atoms with van der Waals surface area (Å²) in [6.07, 6.45) is 1.89. The second kappa shape index (κ2) is 7.85. The van der Waals surface area contributed by atoms with Crippen molar-refractivity contribution in [3.05, 3.63) is 11.6 Å². The molecule has 0 radical (unpaired) electrons. The molecule has 0 aromatic heterocycles. The molecule has 0 unspecified atom stereocenters. The van der Waals surface area contributed by atoms with Gasteiger partial charge in [-0.25, -0.2) is 0 Å². The van der Waals surface area contributed by atoms with Crippen molar-refractivity contribution in [3.8, 4) is 23.0 Å². The minimum absolute atomic E-state index is 0.172. The molecule has 0 aliphatic carbocycles. The molecule has 0 N–H and O–H groups in total. The van der Waals surface area contributed by atoms with Crippen LogP contribution in [0.1, 0.15) is 30.1 Å². The zero-order valence-electron chi connectivity index (χ0n) is 12.1. The molecule has 0 saturated heterocycles. The zero-order chi connectivity index (χ0) is 15.1. The fourth-order valence-corrected chi connectivity index (χ4v) is 1.88. The summed E-state index contributed by atoms with van der Waals surface area (Å²) in [5.74, 6) is 1.32. The summed E-state index contributed by atoms with van der Waals surface area (Å²) in [5, 5.41) is -0.654. The molecule has 0 saturated carbocycles. The minimum Gasteiger partial charge on any atom is -0.493 e. The van der Waals surface area contributed by atoms with E-state index in [1.807, 2.05) is 0 Å². The summed E-state index contributed by atoms with van der Waals surface area (Å²) < 4.78 is 21.4. The van der Waals surface area contributed by atoms with Gasteiger partial charge in [-0.2, -0.15) is 0 Å². The number of rotatable bonds is 8. The molecule has 0 aliphatic heterocycles. The fourth-order valence-electron chi connectivity index (χ4n) is 1.74. The Balaban J connectivity index is 3.35. The maximum atomic E-state index is 11.5. The van der Waals surface area contributed by atoms with Crippen LogP contribution in [0.3, 0.4) is 0 Å². The van der Waals surface area contributed by atoms with Crippen molar-refractivity contribution in [3.63, 3.8) is 0 Å². The van der Waals surface area contributed by atoms with Crippen molar-refractivity contribution < 1.29 is 23.7 Å². The highest BCUT2D eigenvalue weighted by atomic mass is 35.5. The van der Waals surface area contributed by atoms with Gasteiger partial charge < -0.3 is 18.9 Å². The average molecular weight is 303 g/mol. The summed E-state index contributed by atoms with van der Waals surface area (Å²) >= 11 is 5.55. The molecule has 0 amide bonds. The summed E-state index contributed by atoms with van der Waals surface area (Å²) in [4.78, 5) is 11.5. The van der Waals surface area contributed by atoms with Crippen LogP contribution in [0.4, 0.5) is 0 Å². The van der Waals surface area contributed by atoms with E-state index >= 15 is 0 Å². The number of methoxy groups -OCH3 is 3.